The van der Waals surface area contributed by atoms with Crippen molar-refractivity contribution >= 4 is 32.2 Å². The van der Waals surface area contributed by atoms with E-state index in [4.69, 9.17) is 16.6 Å². The van der Waals surface area contributed by atoms with Crippen molar-refractivity contribution in [3.8, 4) is 17.0 Å². The van der Waals surface area contributed by atoms with Crippen LogP contribution >= 0.6 is 20.8 Å². The summed E-state index contributed by atoms with van der Waals surface area (Å²) in [5.74, 6) is 0.259. The van der Waals surface area contributed by atoms with Crippen molar-refractivity contribution in [3.05, 3.63) is 46.6 Å². The maximum atomic E-state index is 10.9. The molecule has 4 heteroatoms. The van der Waals surface area contributed by atoms with Gasteiger partial charge in [0.05, 0.1) is 5.69 Å². The Morgan fingerprint density at radius 1 is 1.15 bits per heavy atom. The monoisotopic (exact) mass is 403 g/mol. The van der Waals surface area contributed by atoms with Gasteiger partial charge in [0.2, 0.25) is 0 Å². The summed E-state index contributed by atoms with van der Waals surface area (Å²) in [6.07, 6.45) is 6.31. The number of hydrogen-bond donors (Lipinski definition) is 1. The van der Waals surface area contributed by atoms with E-state index in [2.05, 4.69) is 56.9 Å². The van der Waals surface area contributed by atoms with Crippen LogP contribution < -0.4 is 5.30 Å². The lowest BCUT2D eigenvalue weighted by Gasteiger charge is -2.23. The second-order valence-electron chi connectivity index (χ2n) is 8.85. The minimum atomic E-state index is -0.195. The molecule has 1 aromatic carbocycles. The number of aromatic nitrogens is 1. The maximum absolute atomic E-state index is 10.9. The van der Waals surface area contributed by atoms with Crippen LogP contribution in [0.25, 0.3) is 17.3 Å². The van der Waals surface area contributed by atoms with Gasteiger partial charge in [0.1, 0.15) is 11.4 Å². The molecule has 1 atom stereocenters. The molecular weight excluding hydrogens is 373 g/mol. The molecule has 2 aromatic rings. The lowest BCUT2D eigenvalue weighted by atomic mass is 9.84. The zero-order chi connectivity index (χ0) is 20.4. The molecule has 1 aromatic heterocycles. The van der Waals surface area contributed by atoms with Crippen LogP contribution in [0.1, 0.15) is 65.6 Å². The molecule has 1 N–H and O–H groups in total. The van der Waals surface area contributed by atoms with Crippen LogP contribution in [0.3, 0.4) is 0 Å². The zero-order valence-corrected chi connectivity index (χ0v) is 19.1. The highest BCUT2D eigenvalue weighted by Crippen LogP contribution is 2.37. The largest absolute Gasteiger partial charge is 0.505 e. The lowest BCUT2D eigenvalue weighted by molar-refractivity contribution is 0.432. The SMILES string of the molecule is CCCC(C)(C)/C=C/c1nc(-c2ccc(Cl)c(P)c2)cc(C(C)(C)C)c1O. The molecule has 0 spiro atoms. The Hall–Kier alpha value is -1.37. The van der Waals surface area contributed by atoms with E-state index < -0.39 is 0 Å². The van der Waals surface area contributed by atoms with Crippen LogP contribution in [0.15, 0.2) is 30.3 Å². The van der Waals surface area contributed by atoms with Gasteiger partial charge in [-0.1, -0.05) is 71.7 Å². The summed E-state index contributed by atoms with van der Waals surface area (Å²) in [5, 5.41) is 12.5. The first-order valence-corrected chi connectivity index (χ1v) is 10.4. The first kappa shape index (κ1) is 21.9. The fraction of sp³-hybridized carbons (Fsp3) is 0.435. The Morgan fingerprint density at radius 2 is 1.81 bits per heavy atom. The van der Waals surface area contributed by atoms with Gasteiger partial charge in [-0.25, -0.2) is 4.98 Å². The van der Waals surface area contributed by atoms with E-state index in [0.29, 0.717) is 10.7 Å². The van der Waals surface area contributed by atoms with Gasteiger partial charge in [0, 0.05) is 16.1 Å². The van der Waals surface area contributed by atoms with Crippen LogP contribution in [0.2, 0.25) is 5.02 Å². The van der Waals surface area contributed by atoms with Crippen LogP contribution in [0.4, 0.5) is 0 Å². The maximum Gasteiger partial charge on any atom is 0.144 e. The smallest absolute Gasteiger partial charge is 0.144 e. The Bertz CT molecular complexity index is 850. The topological polar surface area (TPSA) is 33.1 Å². The van der Waals surface area contributed by atoms with Gasteiger partial charge in [0.15, 0.2) is 0 Å². The quantitative estimate of drug-likeness (QED) is 0.560. The number of benzene rings is 1. The molecule has 0 amide bonds. The second kappa shape index (κ2) is 8.33. The van der Waals surface area contributed by atoms with Crippen molar-refractivity contribution in [2.45, 2.75) is 59.8 Å². The lowest BCUT2D eigenvalue weighted by Crippen LogP contribution is -2.13. The Labute approximate surface area is 171 Å². The van der Waals surface area contributed by atoms with E-state index in [1.807, 2.05) is 30.3 Å². The first-order chi connectivity index (χ1) is 12.4. The van der Waals surface area contributed by atoms with E-state index >= 15 is 0 Å². The molecule has 0 saturated heterocycles. The van der Waals surface area contributed by atoms with Crippen molar-refractivity contribution in [2.24, 2.45) is 5.41 Å². The summed E-state index contributed by atoms with van der Waals surface area (Å²) >= 11 is 6.17. The van der Waals surface area contributed by atoms with Crippen molar-refractivity contribution < 1.29 is 5.11 Å². The molecule has 0 fully saturated rings. The molecule has 0 radical (unpaired) electrons. The number of pyridine rings is 1. The molecule has 146 valence electrons. The standard InChI is InChI=1S/C23H31ClNOP/c1-7-11-23(5,6)12-10-18-21(26)16(22(2,3)4)14-19(25-18)15-8-9-17(24)20(27)13-15/h8-10,12-14,26H,7,11,27H2,1-6H3/b12-10+. The van der Waals surface area contributed by atoms with Crippen LogP contribution in [-0.2, 0) is 5.41 Å². The van der Waals surface area contributed by atoms with Crippen molar-refractivity contribution in [1.29, 1.82) is 0 Å². The Morgan fingerprint density at radius 3 is 2.37 bits per heavy atom. The van der Waals surface area contributed by atoms with E-state index in [1.54, 1.807) is 0 Å². The van der Waals surface area contributed by atoms with Gasteiger partial charge in [-0.15, -0.1) is 9.24 Å². The highest BCUT2D eigenvalue weighted by atomic mass is 35.5. The second-order valence-corrected chi connectivity index (χ2v) is 9.88. The summed E-state index contributed by atoms with van der Waals surface area (Å²) in [6.45, 7) is 12.9. The fourth-order valence-electron chi connectivity index (χ4n) is 3.13. The summed E-state index contributed by atoms with van der Waals surface area (Å²) in [6, 6.07) is 7.84. The first-order valence-electron chi connectivity index (χ1n) is 9.44. The van der Waals surface area contributed by atoms with Gasteiger partial charge in [-0.2, -0.15) is 0 Å². The zero-order valence-electron chi connectivity index (χ0n) is 17.2. The highest BCUT2D eigenvalue weighted by Gasteiger charge is 2.23. The average molecular weight is 404 g/mol. The predicted molar refractivity (Wildman–Crippen MR) is 122 cm³/mol. The third-order valence-electron chi connectivity index (χ3n) is 4.71. The van der Waals surface area contributed by atoms with Crippen LogP contribution in [0, 0.1) is 5.41 Å². The molecule has 2 nitrogen and oxygen atoms in total. The van der Waals surface area contributed by atoms with Crippen molar-refractivity contribution in [2.75, 3.05) is 0 Å². The third kappa shape index (κ3) is 5.56. The molecule has 0 aliphatic heterocycles. The number of allylic oxidation sites excluding steroid dienone is 1. The molecule has 0 aliphatic carbocycles. The molecule has 1 unspecified atom stereocenters. The minimum absolute atomic E-state index is 0.0638. The van der Waals surface area contributed by atoms with Crippen LogP contribution in [-0.4, -0.2) is 10.1 Å². The van der Waals surface area contributed by atoms with E-state index in [-0.39, 0.29) is 16.6 Å². The van der Waals surface area contributed by atoms with Gasteiger partial charge in [-0.3, -0.25) is 0 Å². The predicted octanol–water partition coefficient (Wildman–Crippen LogP) is 6.75. The van der Waals surface area contributed by atoms with Crippen LogP contribution in [0.5, 0.6) is 5.75 Å². The summed E-state index contributed by atoms with van der Waals surface area (Å²) in [5.41, 5.74) is 3.19. The third-order valence-corrected chi connectivity index (χ3v) is 5.71. The average Bonchev–Trinajstić information content (AvgIpc) is 2.55. The molecule has 2 rings (SSSR count). The Balaban J connectivity index is 2.62. The molecule has 0 saturated carbocycles. The van der Waals surface area contributed by atoms with Gasteiger partial charge in [-0.05, 0) is 46.8 Å². The summed E-state index contributed by atoms with van der Waals surface area (Å²) < 4.78 is 0. The van der Waals surface area contributed by atoms with Gasteiger partial charge in [0.25, 0.3) is 0 Å². The Kier molecular flexibility index (Phi) is 6.77. The van der Waals surface area contributed by atoms with Gasteiger partial charge >= 0.3 is 0 Å². The fourth-order valence-corrected chi connectivity index (χ4v) is 3.52. The summed E-state index contributed by atoms with van der Waals surface area (Å²) in [4.78, 5) is 4.76. The number of hydrogen-bond acceptors (Lipinski definition) is 2. The van der Waals surface area contributed by atoms with E-state index in [0.717, 1.165) is 35.0 Å². The van der Waals surface area contributed by atoms with Gasteiger partial charge < -0.3 is 5.11 Å². The summed E-state index contributed by atoms with van der Waals surface area (Å²) in [7, 11) is 2.66. The molecule has 0 aliphatic rings. The number of halogens is 1. The minimum Gasteiger partial charge on any atom is -0.505 e. The normalized spacial score (nSPS) is 12.7. The van der Waals surface area contributed by atoms with E-state index in [1.165, 1.54) is 0 Å². The highest BCUT2D eigenvalue weighted by molar-refractivity contribution is 7.28. The molecule has 0 bridgehead atoms. The number of nitrogens with zero attached hydrogens (tertiary/aromatic N) is 1. The van der Waals surface area contributed by atoms with Crippen molar-refractivity contribution in [3.63, 3.8) is 0 Å². The molecule has 1 heterocycles. The molecule has 27 heavy (non-hydrogen) atoms. The molecular formula is C23H31ClNOP. The number of rotatable bonds is 5. The van der Waals surface area contributed by atoms with E-state index in [9.17, 15) is 5.11 Å². The number of aromatic hydroxyl groups is 1. The van der Waals surface area contributed by atoms with Crippen molar-refractivity contribution in [1.82, 2.24) is 4.98 Å².